The van der Waals surface area contributed by atoms with Crippen molar-refractivity contribution in [3.05, 3.63) is 35.9 Å². The average Bonchev–Trinajstić information content (AvgIpc) is 2.45. The summed E-state index contributed by atoms with van der Waals surface area (Å²) >= 11 is 0. The van der Waals surface area contributed by atoms with Gasteiger partial charge in [-0.05, 0) is 38.2 Å². The molecule has 3 N–H and O–H groups in total. The van der Waals surface area contributed by atoms with Gasteiger partial charge in [0.1, 0.15) is 0 Å². The second kappa shape index (κ2) is 9.37. The lowest BCUT2D eigenvalue weighted by molar-refractivity contribution is 0.230. The van der Waals surface area contributed by atoms with Crippen LogP contribution in [0.2, 0.25) is 0 Å². The van der Waals surface area contributed by atoms with Crippen LogP contribution in [0.1, 0.15) is 38.7 Å². The van der Waals surface area contributed by atoms with Gasteiger partial charge < -0.3 is 15.7 Å². The fourth-order valence-corrected chi connectivity index (χ4v) is 2.12. The molecule has 1 rings (SSSR count). The zero-order chi connectivity index (χ0) is 14.8. The molecular weight excluding hydrogens is 252 g/mol. The van der Waals surface area contributed by atoms with Gasteiger partial charge in [-0.1, -0.05) is 37.3 Å². The van der Waals surface area contributed by atoms with Crippen LogP contribution in [0.3, 0.4) is 0 Å². The van der Waals surface area contributed by atoms with Gasteiger partial charge in [0, 0.05) is 18.7 Å². The molecule has 0 aliphatic heterocycles. The number of benzene rings is 1. The molecule has 0 aromatic heterocycles. The summed E-state index contributed by atoms with van der Waals surface area (Å²) in [6.45, 7) is 4.19. The highest BCUT2D eigenvalue weighted by Gasteiger charge is 2.12. The third-order valence-corrected chi connectivity index (χ3v) is 3.33. The summed E-state index contributed by atoms with van der Waals surface area (Å²) in [6, 6.07) is 10.3. The third kappa shape index (κ3) is 6.57. The maximum absolute atomic E-state index is 11.9. The van der Waals surface area contributed by atoms with E-state index in [9.17, 15) is 4.79 Å². The Bertz CT molecular complexity index is 381. The number of aliphatic hydroxyl groups is 1. The highest BCUT2D eigenvalue weighted by atomic mass is 16.3. The van der Waals surface area contributed by atoms with E-state index in [0.717, 1.165) is 19.3 Å². The molecule has 0 heterocycles. The fourth-order valence-electron chi connectivity index (χ4n) is 2.12. The molecule has 0 fully saturated rings. The first-order chi connectivity index (χ1) is 9.65. The van der Waals surface area contributed by atoms with E-state index in [1.807, 2.05) is 25.1 Å². The molecular formula is C16H26N2O2. The van der Waals surface area contributed by atoms with Crippen LogP contribution in [0, 0.1) is 0 Å². The fraction of sp³-hybridized carbons (Fsp3) is 0.562. The van der Waals surface area contributed by atoms with E-state index >= 15 is 0 Å². The van der Waals surface area contributed by atoms with Crippen LogP contribution in [0.15, 0.2) is 30.3 Å². The van der Waals surface area contributed by atoms with E-state index in [4.69, 9.17) is 5.11 Å². The zero-order valence-electron chi connectivity index (χ0n) is 12.4. The standard InChI is InChI=1S/C16H26N2O2/c1-3-15(12-14-9-5-4-6-10-14)18-16(20)17-13(2)8-7-11-19/h4-6,9-10,13,15,19H,3,7-8,11-12H2,1-2H3,(H2,17,18,20). The minimum atomic E-state index is -0.127. The Morgan fingerprint density at radius 1 is 1.25 bits per heavy atom. The predicted octanol–water partition coefficient (Wildman–Crippen LogP) is 2.47. The van der Waals surface area contributed by atoms with Gasteiger partial charge in [-0.25, -0.2) is 4.79 Å². The van der Waals surface area contributed by atoms with Crippen molar-refractivity contribution in [3.8, 4) is 0 Å². The van der Waals surface area contributed by atoms with Crippen molar-refractivity contribution in [2.75, 3.05) is 6.61 Å². The largest absolute Gasteiger partial charge is 0.396 e. The quantitative estimate of drug-likeness (QED) is 0.684. The Morgan fingerprint density at radius 3 is 2.55 bits per heavy atom. The molecule has 0 radical (unpaired) electrons. The van der Waals surface area contributed by atoms with Gasteiger partial charge >= 0.3 is 6.03 Å². The van der Waals surface area contributed by atoms with Gasteiger partial charge in [0.15, 0.2) is 0 Å². The van der Waals surface area contributed by atoms with Crippen molar-refractivity contribution in [1.29, 1.82) is 0 Å². The van der Waals surface area contributed by atoms with Gasteiger partial charge in [0.25, 0.3) is 0 Å². The second-order valence-electron chi connectivity index (χ2n) is 5.18. The lowest BCUT2D eigenvalue weighted by Gasteiger charge is -2.20. The molecule has 0 spiro atoms. The Hall–Kier alpha value is -1.55. The first-order valence-corrected chi connectivity index (χ1v) is 7.37. The van der Waals surface area contributed by atoms with Gasteiger partial charge in [-0.2, -0.15) is 0 Å². The summed E-state index contributed by atoms with van der Waals surface area (Å²) in [4.78, 5) is 11.9. The molecule has 0 aliphatic carbocycles. The normalized spacial score (nSPS) is 13.6. The summed E-state index contributed by atoms with van der Waals surface area (Å²) in [5.74, 6) is 0. The van der Waals surface area contributed by atoms with Crippen LogP contribution >= 0.6 is 0 Å². The Morgan fingerprint density at radius 2 is 1.95 bits per heavy atom. The van der Waals surface area contributed by atoms with E-state index in [1.165, 1.54) is 5.56 Å². The zero-order valence-corrected chi connectivity index (χ0v) is 12.4. The molecule has 1 aromatic rings. The highest BCUT2D eigenvalue weighted by molar-refractivity contribution is 5.74. The molecule has 20 heavy (non-hydrogen) atoms. The summed E-state index contributed by atoms with van der Waals surface area (Å²) < 4.78 is 0. The van der Waals surface area contributed by atoms with Crippen LogP contribution < -0.4 is 10.6 Å². The molecule has 2 atom stereocenters. The topological polar surface area (TPSA) is 61.4 Å². The van der Waals surface area contributed by atoms with E-state index < -0.39 is 0 Å². The van der Waals surface area contributed by atoms with Gasteiger partial charge in [-0.3, -0.25) is 0 Å². The summed E-state index contributed by atoms with van der Waals surface area (Å²) in [5, 5.41) is 14.7. The number of hydrogen-bond acceptors (Lipinski definition) is 2. The van der Waals surface area contributed by atoms with Gasteiger partial charge in [-0.15, -0.1) is 0 Å². The lowest BCUT2D eigenvalue weighted by atomic mass is 10.0. The van der Waals surface area contributed by atoms with Crippen molar-refractivity contribution < 1.29 is 9.90 Å². The number of rotatable bonds is 8. The van der Waals surface area contributed by atoms with Crippen molar-refractivity contribution >= 4 is 6.03 Å². The van der Waals surface area contributed by atoms with Crippen molar-refractivity contribution in [2.45, 2.75) is 51.6 Å². The number of nitrogens with one attached hydrogen (secondary N) is 2. The highest BCUT2D eigenvalue weighted by Crippen LogP contribution is 2.05. The Labute approximate surface area is 121 Å². The lowest BCUT2D eigenvalue weighted by Crippen LogP contribution is -2.46. The third-order valence-electron chi connectivity index (χ3n) is 3.33. The molecule has 0 saturated carbocycles. The van der Waals surface area contributed by atoms with Crippen LogP contribution in [0.25, 0.3) is 0 Å². The van der Waals surface area contributed by atoms with Crippen molar-refractivity contribution in [2.24, 2.45) is 0 Å². The van der Waals surface area contributed by atoms with Gasteiger partial charge in [0.2, 0.25) is 0 Å². The van der Waals surface area contributed by atoms with Crippen LogP contribution in [0.5, 0.6) is 0 Å². The van der Waals surface area contributed by atoms with Gasteiger partial charge in [0.05, 0.1) is 0 Å². The summed E-state index contributed by atoms with van der Waals surface area (Å²) in [7, 11) is 0. The van der Waals surface area contributed by atoms with Crippen molar-refractivity contribution in [3.63, 3.8) is 0 Å². The Kier molecular flexibility index (Phi) is 7.73. The first-order valence-electron chi connectivity index (χ1n) is 7.37. The van der Waals surface area contributed by atoms with Crippen molar-refractivity contribution in [1.82, 2.24) is 10.6 Å². The summed E-state index contributed by atoms with van der Waals surface area (Å²) in [6.07, 6.45) is 3.24. The second-order valence-corrected chi connectivity index (χ2v) is 5.18. The number of urea groups is 1. The minimum Gasteiger partial charge on any atom is -0.396 e. The first kappa shape index (κ1) is 16.5. The molecule has 1 aromatic carbocycles. The predicted molar refractivity (Wildman–Crippen MR) is 81.7 cm³/mol. The van der Waals surface area contributed by atoms with E-state index in [1.54, 1.807) is 0 Å². The van der Waals surface area contributed by atoms with E-state index in [0.29, 0.717) is 6.42 Å². The maximum Gasteiger partial charge on any atom is 0.315 e. The molecule has 0 aliphatic rings. The molecule has 4 nitrogen and oxygen atoms in total. The van der Waals surface area contributed by atoms with Crippen LogP contribution in [-0.2, 0) is 6.42 Å². The molecule has 112 valence electrons. The molecule has 0 bridgehead atoms. The average molecular weight is 278 g/mol. The van der Waals surface area contributed by atoms with Crippen LogP contribution in [-0.4, -0.2) is 29.8 Å². The van der Waals surface area contributed by atoms with E-state index in [-0.39, 0.29) is 24.7 Å². The molecule has 4 heteroatoms. The number of aliphatic hydroxyl groups excluding tert-OH is 1. The number of carbonyl (C=O) groups excluding carboxylic acids is 1. The summed E-state index contributed by atoms with van der Waals surface area (Å²) in [5.41, 5.74) is 1.23. The molecule has 2 unspecified atom stereocenters. The maximum atomic E-state index is 11.9. The Balaban J connectivity index is 2.37. The number of carbonyl (C=O) groups is 1. The SMILES string of the molecule is CCC(Cc1ccccc1)NC(=O)NC(C)CCCO. The minimum absolute atomic E-state index is 0.0800. The number of hydrogen-bond donors (Lipinski definition) is 3. The smallest absolute Gasteiger partial charge is 0.315 e. The monoisotopic (exact) mass is 278 g/mol. The molecule has 2 amide bonds. The molecule has 0 saturated heterocycles. The van der Waals surface area contributed by atoms with Crippen LogP contribution in [0.4, 0.5) is 4.79 Å². The number of amides is 2. The van der Waals surface area contributed by atoms with E-state index in [2.05, 4.69) is 29.7 Å².